The number of carbonyl (C=O) groups excluding carboxylic acids is 9. The number of carboxylic acid groups (broad SMARTS) is 1. The summed E-state index contributed by atoms with van der Waals surface area (Å²) in [7, 11) is 1.95. The van der Waals surface area contributed by atoms with E-state index in [0.29, 0.717) is 42.6 Å². The molecular weight excluding hydrogens is 1350 g/mol. The third-order valence-electron chi connectivity index (χ3n) is 17.2. The van der Waals surface area contributed by atoms with Crippen molar-refractivity contribution in [2.45, 2.75) is 144 Å². The highest BCUT2D eigenvalue weighted by Crippen LogP contribution is 2.44. The van der Waals surface area contributed by atoms with Crippen LogP contribution in [0, 0.1) is 10.8 Å². The Morgan fingerprint density at radius 1 is 0.667 bits per heavy atom. The molecule has 9 amide bonds. The fourth-order valence-electron chi connectivity index (χ4n) is 11.7. The van der Waals surface area contributed by atoms with Crippen molar-refractivity contribution in [1.82, 2.24) is 68.5 Å². The molecule has 1 saturated heterocycles. The Bertz CT molecular complexity index is 3930. The largest absolute Gasteiger partial charge is 0.480 e. The molecule has 19 N–H and O–H groups in total. The molecule has 31 heteroatoms. The van der Waals surface area contributed by atoms with Gasteiger partial charge in [-0.25, -0.2) is 14.6 Å². The van der Waals surface area contributed by atoms with E-state index in [1.165, 1.54) is 19.4 Å². The Labute approximate surface area is 598 Å². The molecule has 0 bridgehead atoms. The van der Waals surface area contributed by atoms with Crippen LogP contribution >= 0.6 is 21.6 Å². The van der Waals surface area contributed by atoms with E-state index in [1.54, 1.807) is 44.2 Å². The van der Waals surface area contributed by atoms with E-state index in [1.807, 2.05) is 72.8 Å². The van der Waals surface area contributed by atoms with Gasteiger partial charge in [-0.3, -0.25) is 49.2 Å². The van der Waals surface area contributed by atoms with Gasteiger partial charge in [0.2, 0.25) is 41.4 Å². The summed E-state index contributed by atoms with van der Waals surface area (Å²) >= 11 is 0. The number of aliphatic carboxylic acids is 1. The lowest BCUT2D eigenvalue weighted by molar-refractivity contribution is -0.143. The lowest BCUT2D eigenvalue weighted by Gasteiger charge is -2.32. The van der Waals surface area contributed by atoms with Crippen molar-refractivity contribution in [3.63, 3.8) is 0 Å². The van der Waals surface area contributed by atoms with E-state index in [0.717, 1.165) is 60.2 Å². The summed E-state index contributed by atoms with van der Waals surface area (Å²) in [5, 5.41) is 57.5. The van der Waals surface area contributed by atoms with Gasteiger partial charge < -0.3 is 84.8 Å². The summed E-state index contributed by atoms with van der Waals surface area (Å²) in [6.07, 6.45) is 3.82. The summed E-state index contributed by atoms with van der Waals surface area (Å²) in [4.78, 5) is 146. The van der Waals surface area contributed by atoms with Crippen LogP contribution in [-0.2, 0) is 62.5 Å². The molecule has 1 aliphatic heterocycles. The van der Waals surface area contributed by atoms with Crippen molar-refractivity contribution in [2.75, 3.05) is 32.0 Å². The number of carboxylic acids is 1. The number of guanidine groups is 2. The number of hydrogen-bond acceptors (Lipinski definition) is 16. The summed E-state index contributed by atoms with van der Waals surface area (Å²) < 4.78 is 4.30. The SMILES string of the molecule is C[C@H](NC(=O)[C@H](CCCNC(=N)N)NC(=O)CCCCCNC(=O)c1ccc(CNC(=O)OCC2c3ccccc3-c3ccccc32)cc1)C(=O)N[C@@H]1CSSC(C)(C)[C@@H](C(=O)O)NC(=O)[C@H](Cc2c[nH]cn2)NC(=O)[C@H](Cc2ccc3ccccc3c2)NC(=O)[C@H](CCCNC(=N)N)NC1=O. The van der Waals surface area contributed by atoms with E-state index in [-0.39, 0.29) is 101 Å². The van der Waals surface area contributed by atoms with Gasteiger partial charge in [-0.1, -0.05) is 131 Å². The Morgan fingerprint density at radius 3 is 1.94 bits per heavy atom. The number of hydrogen-bond donors (Lipinski definition) is 17. The van der Waals surface area contributed by atoms with Crippen LogP contribution in [0.1, 0.15) is 116 Å². The standard InChI is InChI=1S/C71H89N17O12S2/c1-41(82-62(92)53(21-13-31-78-68(72)73)83-58(89)23-5-4-12-30-77-61(91)45-28-24-42(25-29-45)36-80-70(99)100-38-52-50-19-10-8-17-48(50)49-18-9-11-20-51(49)52)60(90)87-57-39-101-102-71(2,3)59(67(97)98)88-65(95)56(35-47-37-76-40-81-47)86-64(94)55(34-43-26-27-44-15-6-7-16-46(44)33-43)85-63(93)54(84-66(57)96)22-14-32-79-69(74)75/h6-11,15-20,24-29,33,37,40-41,52-57,59H,4-5,12-14,21-23,30-32,34-36,38-39H2,1-3H3,(H,76,81)(H,77,91)(H,80,99)(H,82,92)(H,83,89)(H,84,96)(H,85,93)(H,86,94)(H,87,90)(H,88,95)(H,97,98)(H4,72,73,78)(H4,74,75,79)/t41-,53-,54-,55-,56-,57+,59+/m0/s1. The van der Waals surface area contributed by atoms with Crippen LogP contribution in [0.2, 0.25) is 0 Å². The quantitative estimate of drug-likeness (QED) is 0.0138. The van der Waals surface area contributed by atoms with Gasteiger partial charge >= 0.3 is 12.1 Å². The number of amides is 9. The minimum atomic E-state index is -1.61. The Hall–Kier alpha value is -10.7. The number of nitrogens with one attached hydrogen (secondary N) is 14. The van der Waals surface area contributed by atoms with Crippen LogP contribution < -0.4 is 70.0 Å². The molecule has 2 heterocycles. The third kappa shape index (κ3) is 22.9. The molecule has 0 radical (unpaired) electrons. The maximum atomic E-state index is 14.7. The predicted octanol–water partition coefficient (Wildman–Crippen LogP) is 3.58. The minimum absolute atomic E-state index is 0.00478. The smallest absolute Gasteiger partial charge is 0.407 e. The molecule has 7 atom stereocenters. The summed E-state index contributed by atoms with van der Waals surface area (Å²) in [6, 6.07) is 26.0. The molecule has 542 valence electrons. The van der Waals surface area contributed by atoms with Gasteiger partial charge in [-0.2, -0.15) is 0 Å². The highest BCUT2D eigenvalue weighted by atomic mass is 33.1. The zero-order valence-electron chi connectivity index (χ0n) is 56.9. The molecule has 1 fully saturated rings. The van der Waals surface area contributed by atoms with Gasteiger partial charge in [0.25, 0.3) is 5.91 Å². The van der Waals surface area contributed by atoms with E-state index in [2.05, 4.69) is 80.6 Å². The van der Waals surface area contributed by atoms with E-state index < -0.39 is 100 Å². The summed E-state index contributed by atoms with van der Waals surface area (Å²) in [5.74, 6) is -8.26. The Morgan fingerprint density at radius 2 is 1.27 bits per heavy atom. The van der Waals surface area contributed by atoms with Gasteiger partial charge in [0.15, 0.2) is 11.9 Å². The van der Waals surface area contributed by atoms with Gasteiger partial charge in [-0.15, -0.1) is 0 Å². The van der Waals surface area contributed by atoms with Crippen molar-refractivity contribution in [2.24, 2.45) is 11.5 Å². The molecule has 6 aromatic rings. The van der Waals surface area contributed by atoms with Crippen LogP contribution in [0.4, 0.5) is 4.79 Å². The number of ether oxygens (including phenoxy) is 1. The first-order valence-corrected chi connectivity index (χ1v) is 36.0. The molecular formula is C71H89N17O12S2. The van der Waals surface area contributed by atoms with Crippen molar-refractivity contribution in [3.8, 4) is 11.1 Å². The number of aromatic nitrogens is 2. The first kappa shape index (κ1) is 77.1. The molecule has 0 saturated carbocycles. The molecule has 8 rings (SSSR count). The lowest BCUT2D eigenvalue weighted by atomic mass is 9.98. The van der Waals surface area contributed by atoms with Gasteiger partial charge in [0.1, 0.15) is 48.9 Å². The van der Waals surface area contributed by atoms with Gasteiger partial charge in [-0.05, 0) is 116 Å². The molecule has 29 nitrogen and oxygen atoms in total. The third-order valence-corrected chi connectivity index (χ3v) is 20.5. The van der Waals surface area contributed by atoms with Crippen molar-refractivity contribution >= 4 is 104 Å². The fourth-order valence-corrected chi connectivity index (χ4v) is 14.5. The topological polar surface area (TPSA) is 461 Å². The molecule has 102 heavy (non-hydrogen) atoms. The fraction of sp³-hybridized carbons (Fsp3) is 0.394. The average molecular weight is 1440 g/mol. The Balaban J connectivity index is 0.874. The lowest BCUT2D eigenvalue weighted by Crippen LogP contribution is -2.61. The summed E-state index contributed by atoms with van der Waals surface area (Å²) in [5.41, 5.74) is 17.7. The number of fused-ring (bicyclic) bond motifs is 4. The van der Waals surface area contributed by atoms with Crippen LogP contribution in [-0.4, -0.2) is 165 Å². The monoisotopic (exact) mass is 1440 g/mol. The number of carbonyl (C=O) groups is 10. The minimum Gasteiger partial charge on any atom is -0.480 e. The number of aromatic amines is 1. The molecule has 5 aromatic carbocycles. The zero-order chi connectivity index (χ0) is 73.3. The van der Waals surface area contributed by atoms with Crippen molar-refractivity contribution in [1.29, 1.82) is 10.8 Å². The van der Waals surface area contributed by atoms with Gasteiger partial charge in [0.05, 0.1) is 16.8 Å². The van der Waals surface area contributed by atoms with Crippen molar-refractivity contribution in [3.05, 3.63) is 161 Å². The van der Waals surface area contributed by atoms with Crippen LogP contribution in [0.5, 0.6) is 0 Å². The summed E-state index contributed by atoms with van der Waals surface area (Å²) in [6.45, 7) is 5.39. The maximum absolute atomic E-state index is 14.7. The number of imidazole rings is 1. The van der Waals surface area contributed by atoms with Gasteiger partial charge in [0, 0.05) is 68.9 Å². The first-order chi connectivity index (χ1) is 48.9. The van der Waals surface area contributed by atoms with Crippen LogP contribution in [0.3, 0.4) is 0 Å². The molecule has 1 aliphatic carbocycles. The maximum Gasteiger partial charge on any atom is 0.407 e. The zero-order valence-corrected chi connectivity index (χ0v) is 58.5. The van der Waals surface area contributed by atoms with Crippen LogP contribution in [0.15, 0.2) is 128 Å². The second-order valence-corrected chi connectivity index (χ2v) is 28.4. The second kappa shape index (κ2) is 37.7. The highest BCUT2D eigenvalue weighted by Gasteiger charge is 2.41. The van der Waals surface area contributed by atoms with Crippen LogP contribution in [0.25, 0.3) is 21.9 Å². The number of alkyl carbamates (subject to hydrolysis) is 1. The number of unbranched alkanes of at least 4 members (excludes halogenated alkanes) is 2. The molecule has 0 unspecified atom stereocenters. The number of benzene rings is 5. The number of nitrogens with zero attached hydrogens (tertiary/aromatic N) is 1. The second-order valence-electron chi connectivity index (χ2n) is 25.4. The van der Waals surface area contributed by atoms with E-state index in [9.17, 15) is 53.1 Å². The number of rotatable bonds is 29. The number of H-pyrrole nitrogens is 1. The Kier molecular flexibility index (Phi) is 28.4. The number of nitrogens with two attached hydrogens (primary N) is 2. The highest BCUT2D eigenvalue weighted by molar-refractivity contribution is 8.77. The van der Waals surface area contributed by atoms with Crippen molar-refractivity contribution < 1.29 is 57.8 Å². The normalized spacial score (nSPS) is 18.3. The predicted molar refractivity (Wildman–Crippen MR) is 388 cm³/mol. The molecule has 1 aromatic heterocycles. The molecule has 2 aliphatic rings. The van der Waals surface area contributed by atoms with E-state index >= 15 is 0 Å². The molecule has 0 spiro atoms. The first-order valence-electron chi connectivity index (χ1n) is 33.6. The average Bonchev–Trinajstić information content (AvgIpc) is 1.61. The van der Waals surface area contributed by atoms with E-state index in [4.69, 9.17) is 27.0 Å².